The van der Waals surface area contributed by atoms with Gasteiger partial charge in [-0.15, -0.1) is 10.2 Å². The number of hydrogen-bond acceptors (Lipinski definition) is 7. The number of hydrogen-bond donors (Lipinski definition) is 1. The lowest BCUT2D eigenvalue weighted by Crippen LogP contribution is -2.13. The fourth-order valence-electron chi connectivity index (χ4n) is 2.78. The van der Waals surface area contributed by atoms with Crippen molar-refractivity contribution >= 4 is 51.8 Å². The molecule has 9 heteroatoms. The molecule has 1 amide bonds. The largest absolute Gasteiger partial charge is 0.355 e. The maximum Gasteiger partial charge on any atom is 0.263 e. The van der Waals surface area contributed by atoms with Gasteiger partial charge in [0.15, 0.2) is 10.1 Å². The van der Waals surface area contributed by atoms with Crippen LogP contribution in [0.15, 0.2) is 69.5 Å². The Morgan fingerprint density at radius 2 is 1.94 bits per heavy atom. The quantitative estimate of drug-likeness (QED) is 0.256. The third-order valence-corrected chi connectivity index (χ3v) is 6.41. The van der Waals surface area contributed by atoms with Crippen LogP contribution in [0.4, 0.5) is 5.13 Å². The molecule has 4 rings (SSSR count). The first kappa shape index (κ1) is 21.3. The molecule has 0 radical (unpaired) electrons. The highest BCUT2D eigenvalue weighted by atomic mass is 35.5. The van der Waals surface area contributed by atoms with Crippen LogP contribution in [-0.2, 0) is 0 Å². The molecule has 1 N–H and O–H groups in total. The van der Waals surface area contributed by atoms with Crippen LogP contribution in [-0.4, -0.2) is 27.0 Å². The molecule has 2 heterocycles. The SMILES string of the molecule is Cc1noc(-c2ccc(Cl)cc2)c1C(=O)Nc1nnc(SCC=Cc2ccccc2)s1. The van der Waals surface area contributed by atoms with Crippen LogP contribution in [0.5, 0.6) is 0 Å². The minimum absolute atomic E-state index is 0.347. The van der Waals surface area contributed by atoms with Gasteiger partial charge in [-0.05, 0) is 36.8 Å². The Kier molecular flexibility index (Phi) is 6.81. The second-order valence-corrected chi connectivity index (χ2v) is 9.11. The number of nitrogens with one attached hydrogen (secondary N) is 1. The smallest absolute Gasteiger partial charge is 0.263 e. The second-order valence-electron chi connectivity index (χ2n) is 6.43. The maximum absolute atomic E-state index is 12.9. The van der Waals surface area contributed by atoms with Gasteiger partial charge in [0.05, 0.1) is 5.69 Å². The number of aryl methyl sites for hydroxylation is 1. The molecule has 0 saturated carbocycles. The zero-order valence-corrected chi connectivity index (χ0v) is 18.8. The number of rotatable bonds is 7. The molecule has 0 atom stereocenters. The molecule has 0 bridgehead atoms. The number of nitrogens with zero attached hydrogens (tertiary/aromatic N) is 3. The van der Waals surface area contributed by atoms with E-state index in [2.05, 4.69) is 32.8 Å². The van der Waals surface area contributed by atoms with Gasteiger partial charge in [-0.1, -0.05) is 82.3 Å². The van der Waals surface area contributed by atoms with E-state index in [9.17, 15) is 4.79 Å². The van der Waals surface area contributed by atoms with Crippen LogP contribution >= 0.6 is 34.7 Å². The standard InChI is InChI=1S/C22H17ClN4O2S2/c1-14-18(19(29-27-14)16-9-11-17(23)12-10-16)20(28)24-21-25-26-22(31-21)30-13-5-8-15-6-3-2-4-7-15/h2-12H,13H2,1H3,(H,24,25,28). The Morgan fingerprint density at radius 3 is 2.71 bits per heavy atom. The molecular formula is C22H17ClN4O2S2. The summed E-state index contributed by atoms with van der Waals surface area (Å²) in [6.45, 7) is 1.72. The molecule has 2 aromatic carbocycles. The minimum atomic E-state index is -0.347. The van der Waals surface area contributed by atoms with Gasteiger partial charge in [-0.3, -0.25) is 10.1 Å². The van der Waals surface area contributed by atoms with Crippen molar-refractivity contribution in [2.45, 2.75) is 11.3 Å². The van der Waals surface area contributed by atoms with Crippen molar-refractivity contribution in [3.05, 3.63) is 82.5 Å². The summed E-state index contributed by atoms with van der Waals surface area (Å²) in [5.41, 5.74) is 2.72. The summed E-state index contributed by atoms with van der Waals surface area (Å²) in [5.74, 6) is 0.792. The van der Waals surface area contributed by atoms with E-state index in [0.717, 1.165) is 15.7 Å². The van der Waals surface area contributed by atoms with E-state index in [1.54, 1.807) is 43.0 Å². The predicted molar refractivity (Wildman–Crippen MR) is 126 cm³/mol. The summed E-state index contributed by atoms with van der Waals surface area (Å²) in [4.78, 5) is 12.9. The average molecular weight is 469 g/mol. The molecule has 2 aromatic heterocycles. The average Bonchev–Trinajstić information content (AvgIpc) is 3.39. The Balaban J connectivity index is 1.40. The maximum atomic E-state index is 12.9. The molecule has 4 aromatic rings. The van der Waals surface area contributed by atoms with Crippen LogP contribution < -0.4 is 5.32 Å². The Morgan fingerprint density at radius 1 is 1.16 bits per heavy atom. The van der Waals surface area contributed by atoms with E-state index in [1.807, 2.05) is 30.3 Å². The molecule has 6 nitrogen and oxygen atoms in total. The molecule has 0 aliphatic rings. The first-order valence-electron chi connectivity index (χ1n) is 9.31. The number of anilines is 1. The number of thioether (sulfide) groups is 1. The van der Waals surface area contributed by atoms with E-state index >= 15 is 0 Å². The third-order valence-electron chi connectivity index (χ3n) is 4.24. The Hall–Kier alpha value is -2.94. The van der Waals surface area contributed by atoms with Gasteiger partial charge in [0.1, 0.15) is 5.56 Å². The van der Waals surface area contributed by atoms with Gasteiger partial charge in [-0.25, -0.2) is 0 Å². The van der Waals surface area contributed by atoms with E-state index in [4.69, 9.17) is 16.1 Å². The normalized spacial score (nSPS) is 11.2. The van der Waals surface area contributed by atoms with Gasteiger partial charge in [0, 0.05) is 16.3 Å². The van der Waals surface area contributed by atoms with Gasteiger partial charge in [0.25, 0.3) is 5.91 Å². The number of aromatic nitrogens is 3. The Labute approximate surface area is 192 Å². The van der Waals surface area contributed by atoms with Crippen molar-refractivity contribution in [3.63, 3.8) is 0 Å². The molecule has 156 valence electrons. The highest BCUT2D eigenvalue weighted by molar-refractivity contribution is 8.01. The zero-order valence-electron chi connectivity index (χ0n) is 16.4. The van der Waals surface area contributed by atoms with Gasteiger partial charge in [0.2, 0.25) is 5.13 Å². The predicted octanol–water partition coefficient (Wildman–Crippen LogP) is 6.21. The molecule has 0 aliphatic heterocycles. The van der Waals surface area contributed by atoms with Crippen molar-refractivity contribution in [2.24, 2.45) is 0 Å². The van der Waals surface area contributed by atoms with Crippen LogP contribution in [0, 0.1) is 6.92 Å². The molecule has 0 unspecified atom stereocenters. The number of benzene rings is 2. The van der Waals surface area contributed by atoms with Crippen molar-refractivity contribution in [3.8, 4) is 11.3 Å². The van der Waals surface area contributed by atoms with Gasteiger partial charge in [-0.2, -0.15) is 0 Å². The number of amides is 1. The van der Waals surface area contributed by atoms with Crippen molar-refractivity contribution in [1.29, 1.82) is 0 Å². The van der Waals surface area contributed by atoms with Crippen molar-refractivity contribution in [2.75, 3.05) is 11.1 Å². The molecule has 0 saturated heterocycles. The third kappa shape index (κ3) is 5.41. The zero-order chi connectivity index (χ0) is 21.6. The summed E-state index contributed by atoms with van der Waals surface area (Å²) in [6.07, 6.45) is 4.13. The summed E-state index contributed by atoms with van der Waals surface area (Å²) in [6, 6.07) is 17.1. The van der Waals surface area contributed by atoms with Crippen LogP contribution in [0.1, 0.15) is 21.6 Å². The number of halogens is 1. The topological polar surface area (TPSA) is 80.9 Å². The molecular weight excluding hydrogens is 452 g/mol. The van der Waals surface area contributed by atoms with Gasteiger partial charge >= 0.3 is 0 Å². The summed E-state index contributed by atoms with van der Waals surface area (Å²) < 4.78 is 6.16. The monoisotopic (exact) mass is 468 g/mol. The van der Waals surface area contributed by atoms with Crippen LogP contribution in [0.25, 0.3) is 17.4 Å². The van der Waals surface area contributed by atoms with E-state index in [1.165, 1.54) is 11.3 Å². The summed E-state index contributed by atoms with van der Waals surface area (Å²) >= 11 is 8.82. The summed E-state index contributed by atoms with van der Waals surface area (Å²) in [7, 11) is 0. The fraction of sp³-hybridized carbons (Fsp3) is 0.0909. The van der Waals surface area contributed by atoms with Crippen LogP contribution in [0.2, 0.25) is 5.02 Å². The molecule has 0 spiro atoms. The lowest BCUT2D eigenvalue weighted by Gasteiger charge is -2.02. The second kappa shape index (κ2) is 9.91. The van der Waals surface area contributed by atoms with Crippen molar-refractivity contribution < 1.29 is 9.32 Å². The molecule has 31 heavy (non-hydrogen) atoms. The van der Waals surface area contributed by atoms with Gasteiger partial charge < -0.3 is 4.52 Å². The first-order valence-corrected chi connectivity index (χ1v) is 11.5. The van der Waals surface area contributed by atoms with Crippen molar-refractivity contribution in [1.82, 2.24) is 15.4 Å². The van der Waals surface area contributed by atoms with E-state index < -0.39 is 0 Å². The Bertz CT molecular complexity index is 1200. The van der Waals surface area contributed by atoms with Crippen LogP contribution in [0.3, 0.4) is 0 Å². The number of carbonyl (C=O) groups is 1. The fourth-order valence-corrected chi connectivity index (χ4v) is 4.49. The lowest BCUT2D eigenvalue weighted by molar-refractivity contribution is 0.102. The highest BCUT2D eigenvalue weighted by Gasteiger charge is 2.23. The lowest BCUT2D eigenvalue weighted by atomic mass is 10.1. The van der Waals surface area contributed by atoms with E-state index in [0.29, 0.717) is 32.7 Å². The molecule has 0 aliphatic carbocycles. The summed E-state index contributed by atoms with van der Waals surface area (Å²) in [5, 5.41) is 16.0. The minimum Gasteiger partial charge on any atom is -0.355 e. The van der Waals surface area contributed by atoms with E-state index in [-0.39, 0.29) is 5.91 Å². The molecule has 0 fully saturated rings. The first-order chi connectivity index (χ1) is 15.1. The number of carbonyl (C=O) groups excluding carboxylic acids is 1. The highest BCUT2D eigenvalue weighted by Crippen LogP contribution is 2.30.